The van der Waals surface area contributed by atoms with Crippen LogP contribution in [0.25, 0.3) is 0 Å². The van der Waals surface area contributed by atoms with Crippen molar-refractivity contribution < 1.29 is 14.0 Å². The summed E-state index contributed by atoms with van der Waals surface area (Å²) in [6, 6.07) is 0. The van der Waals surface area contributed by atoms with Gasteiger partial charge in [0.15, 0.2) is 0 Å². The minimum atomic E-state index is -2.76. The first kappa shape index (κ1) is 7.33. The van der Waals surface area contributed by atoms with Crippen LogP contribution >= 0.6 is 0 Å². The van der Waals surface area contributed by atoms with E-state index < -0.39 is 12.3 Å². The minimum Gasteiger partial charge on any atom is -0.411 e. The quantitative estimate of drug-likeness (QED) is 0.337. The van der Waals surface area contributed by atoms with E-state index in [2.05, 4.69) is 5.16 Å². The second-order valence-electron chi connectivity index (χ2n) is 1.57. The highest BCUT2D eigenvalue weighted by Crippen LogP contribution is 2.13. The average molecular weight is 123 g/mol. The van der Waals surface area contributed by atoms with Crippen molar-refractivity contribution in [2.24, 2.45) is 5.16 Å². The molecular formula is C4H7F2NO. The molecule has 1 N–H and O–H groups in total. The Morgan fingerprint density at radius 1 is 1.75 bits per heavy atom. The van der Waals surface area contributed by atoms with Gasteiger partial charge in [0.25, 0.3) is 0 Å². The largest absolute Gasteiger partial charge is 0.411 e. The molecule has 0 atom stereocenters. The highest BCUT2D eigenvalue weighted by atomic mass is 19.3. The molecule has 8 heavy (non-hydrogen) atoms. The molecule has 0 rings (SSSR count). The van der Waals surface area contributed by atoms with Gasteiger partial charge in [0.2, 0.25) is 5.92 Å². The Morgan fingerprint density at radius 3 is 2.38 bits per heavy atom. The lowest BCUT2D eigenvalue weighted by atomic mass is 10.3. The lowest BCUT2D eigenvalue weighted by Crippen LogP contribution is -2.09. The van der Waals surface area contributed by atoms with Gasteiger partial charge in [0, 0.05) is 12.6 Å². The maximum atomic E-state index is 11.7. The molecule has 0 fully saturated rings. The molecule has 0 saturated carbocycles. The monoisotopic (exact) mass is 123 g/mol. The molecule has 0 aliphatic heterocycles. The zero-order valence-corrected chi connectivity index (χ0v) is 4.43. The number of oxime groups is 1. The third kappa shape index (κ3) is 5.33. The van der Waals surface area contributed by atoms with Crippen LogP contribution in [0.3, 0.4) is 0 Å². The fourth-order valence-electron chi connectivity index (χ4n) is 0.201. The van der Waals surface area contributed by atoms with Crippen LogP contribution < -0.4 is 0 Å². The van der Waals surface area contributed by atoms with Gasteiger partial charge < -0.3 is 5.21 Å². The van der Waals surface area contributed by atoms with Crippen molar-refractivity contribution in [3.8, 4) is 0 Å². The summed E-state index contributed by atoms with van der Waals surface area (Å²) in [4.78, 5) is 0. The van der Waals surface area contributed by atoms with E-state index in [4.69, 9.17) is 5.21 Å². The number of nitrogens with zero attached hydrogens (tertiary/aromatic N) is 1. The molecule has 0 aliphatic carbocycles. The minimum absolute atomic E-state index is 0.510. The number of rotatable bonds is 2. The average Bonchev–Trinajstić information content (AvgIpc) is 1.59. The lowest BCUT2D eigenvalue weighted by molar-refractivity contribution is 0.0308. The Hall–Kier alpha value is -0.670. The fourth-order valence-corrected chi connectivity index (χ4v) is 0.201. The first-order valence-corrected chi connectivity index (χ1v) is 2.10. The van der Waals surface area contributed by atoms with Gasteiger partial charge in [-0.1, -0.05) is 0 Å². The van der Waals surface area contributed by atoms with E-state index in [-0.39, 0.29) is 0 Å². The highest BCUT2D eigenvalue weighted by Gasteiger charge is 2.18. The third-order valence-electron chi connectivity index (χ3n) is 0.531. The van der Waals surface area contributed by atoms with E-state index in [0.29, 0.717) is 0 Å². The molecule has 4 heteroatoms. The Morgan fingerprint density at radius 2 is 2.25 bits per heavy atom. The molecule has 0 aromatic heterocycles. The molecular weight excluding hydrogens is 116 g/mol. The molecule has 0 spiro atoms. The SMILES string of the molecule is CC(F)(F)CC=NO. The maximum absolute atomic E-state index is 11.7. The van der Waals surface area contributed by atoms with Crippen LogP contribution in [0.1, 0.15) is 13.3 Å². The predicted molar refractivity (Wildman–Crippen MR) is 25.5 cm³/mol. The summed E-state index contributed by atoms with van der Waals surface area (Å²) in [6.07, 6.45) is 0.253. The topological polar surface area (TPSA) is 32.6 Å². The summed E-state index contributed by atoms with van der Waals surface area (Å²) in [7, 11) is 0. The molecule has 0 radical (unpaired) electrons. The molecule has 0 amide bonds. The van der Waals surface area contributed by atoms with Gasteiger partial charge in [0.05, 0.1) is 0 Å². The van der Waals surface area contributed by atoms with Crippen LogP contribution in [0, 0.1) is 0 Å². The van der Waals surface area contributed by atoms with Crippen LogP contribution in [0.4, 0.5) is 8.78 Å². The van der Waals surface area contributed by atoms with Crippen LogP contribution in [-0.2, 0) is 0 Å². The van der Waals surface area contributed by atoms with Crippen molar-refractivity contribution in [1.29, 1.82) is 0 Å². The summed E-state index contributed by atoms with van der Waals surface area (Å²) in [5.74, 6) is -2.76. The van der Waals surface area contributed by atoms with Gasteiger partial charge >= 0.3 is 0 Å². The van der Waals surface area contributed by atoms with Crippen molar-refractivity contribution in [1.82, 2.24) is 0 Å². The standard InChI is InChI=1S/C4H7F2NO/c1-4(5,6)2-3-7-8/h3,8H,2H2,1H3. The number of hydrogen-bond acceptors (Lipinski definition) is 2. The number of hydrogen-bond donors (Lipinski definition) is 1. The van der Waals surface area contributed by atoms with Crippen molar-refractivity contribution >= 4 is 6.21 Å². The summed E-state index contributed by atoms with van der Waals surface area (Å²) < 4.78 is 23.4. The van der Waals surface area contributed by atoms with Gasteiger partial charge in [-0.2, -0.15) is 0 Å². The summed E-state index contributed by atoms with van der Waals surface area (Å²) in [5.41, 5.74) is 0. The lowest BCUT2D eigenvalue weighted by Gasteiger charge is -2.02. The zero-order valence-electron chi connectivity index (χ0n) is 4.43. The predicted octanol–water partition coefficient (Wildman–Crippen LogP) is 1.49. The molecule has 0 aromatic carbocycles. The Labute approximate surface area is 45.8 Å². The van der Waals surface area contributed by atoms with Gasteiger partial charge in [-0.05, 0) is 6.92 Å². The summed E-state index contributed by atoms with van der Waals surface area (Å²) in [6.45, 7) is 0.759. The fraction of sp³-hybridized carbons (Fsp3) is 0.750. The van der Waals surface area contributed by atoms with E-state index >= 15 is 0 Å². The smallest absolute Gasteiger partial charge is 0.250 e. The molecule has 48 valence electrons. The molecule has 0 aliphatic rings. The van der Waals surface area contributed by atoms with Crippen molar-refractivity contribution in [2.45, 2.75) is 19.3 Å². The molecule has 0 saturated heterocycles. The normalized spacial score (nSPS) is 12.9. The third-order valence-corrected chi connectivity index (χ3v) is 0.531. The first-order valence-electron chi connectivity index (χ1n) is 2.10. The van der Waals surface area contributed by atoms with Crippen LogP contribution in [-0.4, -0.2) is 17.3 Å². The Bertz CT molecular complexity index is 86.5. The van der Waals surface area contributed by atoms with Crippen molar-refractivity contribution in [2.75, 3.05) is 0 Å². The maximum Gasteiger partial charge on any atom is 0.250 e. The van der Waals surface area contributed by atoms with E-state index in [1.165, 1.54) is 0 Å². The molecule has 2 nitrogen and oxygen atoms in total. The molecule has 0 bridgehead atoms. The van der Waals surface area contributed by atoms with Crippen molar-refractivity contribution in [3.63, 3.8) is 0 Å². The van der Waals surface area contributed by atoms with Crippen LogP contribution in [0.15, 0.2) is 5.16 Å². The van der Waals surface area contributed by atoms with Gasteiger partial charge in [-0.3, -0.25) is 0 Å². The van der Waals surface area contributed by atoms with Crippen molar-refractivity contribution in [3.05, 3.63) is 0 Å². The Balaban J connectivity index is 3.39. The summed E-state index contributed by atoms with van der Waals surface area (Å²) in [5, 5.41) is 10.1. The second kappa shape index (κ2) is 2.59. The van der Waals surface area contributed by atoms with Gasteiger partial charge in [-0.25, -0.2) is 8.78 Å². The first-order chi connectivity index (χ1) is 3.56. The van der Waals surface area contributed by atoms with Crippen LogP contribution in [0.5, 0.6) is 0 Å². The Kier molecular flexibility index (Phi) is 2.37. The van der Waals surface area contributed by atoms with E-state index in [1.54, 1.807) is 0 Å². The molecule has 0 aromatic rings. The van der Waals surface area contributed by atoms with E-state index in [9.17, 15) is 8.78 Å². The summed E-state index contributed by atoms with van der Waals surface area (Å²) >= 11 is 0. The van der Waals surface area contributed by atoms with Gasteiger partial charge in [-0.15, -0.1) is 5.16 Å². The number of alkyl halides is 2. The second-order valence-corrected chi connectivity index (χ2v) is 1.57. The van der Waals surface area contributed by atoms with E-state index in [0.717, 1.165) is 13.1 Å². The van der Waals surface area contributed by atoms with E-state index in [1.807, 2.05) is 0 Å². The highest BCUT2D eigenvalue weighted by molar-refractivity contribution is 5.57. The van der Waals surface area contributed by atoms with Gasteiger partial charge in [0.1, 0.15) is 0 Å². The zero-order chi connectivity index (χ0) is 6.62. The van der Waals surface area contributed by atoms with Crippen LogP contribution in [0.2, 0.25) is 0 Å². The molecule has 0 heterocycles. The molecule has 0 unspecified atom stereocenters. The number of halogens is 2.